The molecule has 1 amide bonds. The largest absolute Gasteiger partial charge is 0.352 e. The normalized spacial score (nSPS) is 21.2. The molecule has 1 aromatic heterocycles. The Balaban J connectivity index is 0.00000162. The van der Waals surface area contributed by atoms with Gasteiger partial charge in [-0.1, -0.05) is 6.07 Å². The summed E-state index contributed by atoms with van der Waals surface area (Å²) in [4.78, 5) is 16.0. The highest BCUT2D eigenvalue weighted by Gasteiger charge is 2.27. The Labute approximate surface area is 126 Å². The Morgan fingerprint density at radius 3 is 2.68 bits per heavy atom. The monoisotopic (exact) mass is 305 g/mol. The Morgan fingerprint density at radius 1 is 1.42 bits per heavy atom. The summed E-state index contributed by atoms with van der Waals surface area (Å²) in [5, 5.41) is 2.95. The zero-order valence-corrected chi connectivity index (χ0v) is 12.6. The molecule has 4 nitrogen and oxygen atoms in total. The van der Waals surface area contributed by atoms with Gasteiger partial charge in [-0.05, 0) is 37.8 Å². The number of hydrogen-bond acceptors (Lipinski definition) is 3. The predicted octanol–water partition coefficient (Wildman–Crippen LogP) is 1.98. The third-order valence-electron chi connectivity index (χ3n) is 3.28. The van der Waals surface area contributed by atoms with Crippen molar-refractivity contribution in [3.05, 3.63) is 29.6 Å². The van der Waals surface area contributed by atoms with Gasteiger partial charge in [0.2, 0.25) is 5.91 Å². The van der Waals surface area contributed by atoms with Gasteiger partial charge >= 0.3 is 0 Å². The number of halogens is 2. The summed E-state index contributed by atoms with van der Waals surface area (Å²) in [6.45, 7) is 2.50. The molecule has 0 bridgehead atoms. The number of nitrogens with two attached hydrogens (primary N) is 1. The Bertz CT molecular complexity index is 397. The number of pyridine rings is 1. The van der Waals surface area contributed by atoms with E-state index in [-0.39, 0.29) is 42.7 Å². The summed E-state index contributed by atoms with van der Waals surface area (Å²) in [5.74, 6) is 0.224. The second-order valence-corrected chi connectivity index (χ2v) is 4.80. The number of aryl methyl sites for hydroxylation is 1. The van der Waals surface area contributed by atoms with Gasteiger partial charge in [-0.25, -0.2) is 0 Å². The number of nitrogens with one attached hydrogen (secondary N) is 1. The van der Waals surface area contributed by atoms with Crippen molar-refractivity contribution in [3.8, 4) is 0 Å². The van der Waals surface area contributed by atoms with Crippen molar-refractivity contribution in [1.82, 2.24) is 10.3 Å². The van der Waals surface area contributed by atoms with E-state index in [4.69, 9.17) is 5.73 Å². The molecule has 19 heavy (non-hydrogen) atoms. The smallest absolute Gasteiger partial charge is 0.223 e. The standard InChI is InChI=1S/C13H19N3O.2ClH/c1-9-2-3-10(7-15-9)8-16-13(17)11-4-5-12(14)6-11;;/h2-3,7,11-12H,4-6,8,14H2,1H3,(H,16,17);2*1H. The van der Waals surface area contributed by atoms with Gasteiger partial charge in [0.25, 0.3) is 0 Å². The molecular weight excluding hydrogens is 285 g/mol. The lowest BCUT2D eigenvalue weighted by molar-refractivity contribution is -0.125. The summed E-state index contributed by atoms with van der Waals surface area (Å²) in [5.41, 5.74) is 7.82. The SMILES string of the molecule is Cc1ccc(CNC(=O)C2CCC(N)C2)cn1.Cl.Cl. The van der Waals surface area contributed by atoms with E-state index in [1.54, 1.807) is 6.20 Å². The maximum absolute atomic E-state index is 11.8. The molecule has 2 unspecified atom stereocenters. The predicted molar refractivity (Wildman–Crippen MR) is 80.6 cm³/mol. The first-order valence-electron chi connectivity index (χ1n) is 6.10. The number of hydrogen-bond donors (Lipinski definition) is 2. The Kier molecular flexibility index (Phi) is 7.99. The van der Waals surface area contributed by atoms with Gasteiger partial charge in [-0.2, -0.15) is 0 Å². The summed E-state index contributed by atoms with van der Waals surface area (Å²) in [6.07, 6.45) is 4.50. The van der Waals surface area contributed by atoms with Crippen molar-refractivity contribution < 1.29 is 4.79 Å². The molecule has 1 aromatic rings. The van der Waals surface area contributed by atoms with Crippen molar-refractivity contribution in [1.29, 1.82) is 0 Å². The van der Waals surface area contributed by atoms with Crippen LogP contribution >= 0.6 is 24.8 Å². The lowest BCUT2D eigenvalue weighted by atomic mass is 10.1. The van der Waals surface area contributed by atoms with E-state index in [2.05, 4.69) is 10.3 Å². The highest BCUT2D eigenvalue weighted by Crippen LogP contribution is 2.24. The van der Waals surface area contributed by atoms with Crippen LogP contribution in [0.1, 0.15) is 30.5 Å². The minimum absolute atomic E-state index is 0. The van der Waals surface area contributed by atoms with Gasteiger partial charge < -0.3 is 11.1 Å². The molecule has 0 spiro atoms. The Hall–Kier alpha value is -0.840. The quantitative estimate of drug-likeness (QED) is 0.897. The lowest BCUT2D eigenvalue weighted by Gasteiger charge is -2.10. The molecule has 1 heterocycles. The molecule has 2 rings (SSSR count). The first-order chi connectivity index (χ1) is 8.15. The molecular formula is C13H21Cl2N3O. The molecule has 0 saturated heterocycles. The number of carbonyl (C=O) groups is 1. The van der Waals surface area contributed by atoms with E-state index in [1.165, 1.54) is 0 Å². The third-order valence-corrected chi connectivity index (χ3v) is 3.28. The number of carbonyl (C=O) groups excluding carboxylic acids is 1. The number of amides is 1. The van der Waals surface area contributed by atoms with Gasteiger partial charge in [-0.3, -0.25) is 9.78 Å². The van der Waals surface area contributed by atoms with E-state index in [1.807, 2.05) is 19.1 Å². The van der Waals surface area contributed by atoms with Gasteiger partial charge in [0.15, 0.2) is 0 Å². The maximum Gasteiger partial charge on any atom is 0.223 e. The molecule has 3 N–H and O–H groups in total. The zero-order valence-electron chi connectivity index (χ0n) is 11.0. The fourth-order valence-electron chi connectivity index (χ4n) is 2.19. The van der Waals surface area contributed by atoms with E-state index >= 15 is 0 Å². The van der Waals surface area contributed by atoms with Crippen LogP contribution in [0.25, 0.3) is 0 Å². The molecule has 0 radical (unpaired) electrons. The number of nitrogens with zero attached hydrogens (tertiary/aromatic N) is 1. The minimum atomic E-state index is 0. The highest BCUT2D eigenvalue weighted by atomic mass is 35.5. The third kappa shape index (κ3) is 5.35. The van der Waals surface area contributed by atoms with E-state index in [0.29, 0.717) is 6.54 Å². The summed E-state index contributed by atoms with van der Waals surface area (Å²) >= 11 is 0. The van der Waals surface area contributed by atoms with Crippen LogP contribution < -0.4 is 11.1 Å². The average Bonchev–Trinajstić information content (AvgIpc) is 2.75. The minimum Gasteiger partial charge on any atom is -0.352 e. The summed E-state index contributed by atoms with van der Waals surface area (Å²) in [7, 11) is 0. The average molecular weight is 306 g/mol. The highest BCUT2D eigenvalue weighted by molar-refractivity contribution is 5.85. The van der Waals surface area contributed by atoms with Crippen LogP contribution in [0.3, 0.4) is 0 Å². The van der Waals surface area contributed by atoms with Crippen molar-refractivity contribution in [3.63, 3.8) is 0 Å². The molecule has 1 aliphatic rings. The fourth-order valence-corrected chi connectivity index (χ4v) is 2.19. The van der Waals surface area contributed by atoms with Crippen molar-refractivity contribution in [2.45, 2.75) is 38.8 Å². The lowest BCUT2D eigenvalue weighted by Crippen LogP contribution is -2.30. The van der Waals surface area contributed by atoms with Crippen molar-refractivity contribution in [2.24, 2.45) is 11.7 Å². The van der Waals surface area contributed by atoms with Gasteiger partial charge in [0, 0.05) is 30.4 Å². The fraction of sp³-hybridized carbons (Fsp3) is 0.538. The second-order valence-electron chi connectivity index (χ2n) is 4.80. The second kappa shape index (κ2) is 8.35. The van der Waals surface area contributed by atoms with Crippen LogP contribution in [0.15, 0.2) is 18.3 Å². The van der Waals surface area contributed by atoms with E-state index in [9.17, 15) is 4.79 Å². The molecule has 0 aliphatic heterocycles. The van der Waals surface area contributed by atoms with Crippen LogP contribution in [0, 0.1) is 12.8 Å². The number of rotatable bonds is 3. The van der Waals surface area contributed by atoms with Crippen LogP contribution in [0.5, 0.6) is 0 Å². The molecule has 1 fully saturated rings. The molecule has 0 aromatic carbocycles. The molecule has 1 aliphatic carbocycles. The number of aromatic nitrogens is 1. The van der Waals surface area contributed by atoms with Crippen molar-refractivity contribution >= 4 is 30.7 Å². The first-order valence-corrected chi connectivity index (χ1v) is 6.10. The van der Waals surface area contributed by atoms with Crippen LogP contribution in [0.4, 0.5) is 0 Å². The molecule has 1 saturated carbocycles. The van der Waals surface area contributed by atoms with Gasteiger partial charge in [0.1, 0.15) is 0 Å². The maximum atomic E-state index is 11.8. The topological polar surface area (TPSA) is 68.0 Å². The summed E-state index contributed by atoms with van der Waals surface area (Å²) in [6, 6.07) is 4.14. The molecule has 108 valence electrons. The van der Waals surface area contributed by atoms with Crippen LogP contribution in [0.2, 0.25) is 0 Å². The first kappa shape index (κ1) is 18.2. The van der Waals surface area contributed by atoms with Crippen LogP contribution in [-0.4, -0.2) is 16.9 Å². The van der Waals surface area contributed by atoms with E-state index < -0.39 is 0 Å². The summed E-state index contributed by atoms with van der Waals surface area (Å²) < 4.78 is 0. The molecule has 2 atom stereocenters. The van der Waals surface area contributed by atoms with Gasteiger partial charge in [0.05, 0.1) is 0 Å². The Morgan fingerprint density at radius 2 is 2.16 bits per heavy atom. The van der Waals surface area contributed by atoms with Gasteiger partial charge in [-0.15, -0.1) is 24.8 Å². The van der Waals surface area contributed by atoms with Crippen molar-refractivity contribution in [2.75, 3.05) is 0 Å². The van der Waals surface area contributed by atoms with Crippen LogP contribution in [-0.2, 0) is 11.3 Å². The molecule has 6 heteroatoms. The zero-order chi connectivity index (χ0) is 12.3. The van der Waals surface area contributed by atoms with E-state index in [0.717, 1.165) is 30.5 Å².